The minimum absolute atomic E-state index is 0.267. The van der Waals surface area contributed by atoms with E-state index >= 15 is 0 Å². The van der Waals surface area contributed by atoms with E-state index in [1.54, 1.807) is 11.8 Å². The predicted octanol–water partition coefficient (Wildman–Crippen LogP) is 4.03. The van der Waals surface area contributed by atoms with E-state index in [4.69, 9.17) is 4.42 Å². The zero-order valence-corrected chi connectivity index (χ0v) is 12.2. The maximum atomic E-state index is 5.62. The van der Waals surface area contributed by atoms with Gasteiger partial charge in [0.25, 0.3) is 0 Å². The van der Waals surface area contributed by atoms with Crippen LogP contribution in [0.3, 0.4) is 0 Å². The highest BCUT2D eigenvalue weighted by Gasteiger charge is 2.10. The van der Waals surface area contributed by atoms with Gasteiger partial charge in [-0.3, -0.25) is 4.98 Å². The Hall–Kier alpha value is -1.88. The third kappa shape index (κ3) is 2.67. The molecule has 102 valence electrons. The third-order valence-corrected chi connectivity index (χ3v) is 3.99. The molecule has 0 fully saturated rings. The van der Waals surface area contributed by atoms with Gasteiger partial charge in [-0.2, -0.15) is 0 Å². The Morgan fingerprint density at radius 2 is 2.00 bits per heavy atom. The van der Waals surface area contributed by atoms with Gasteiger partial charge in [0.1, 0.15) is 0 Å². The Balaban J connectivity index is 1.79. The number of benzene rings is 1. The molecular weight excluding hydrogens is 270 g/mol. The molecule has 0 aliphatic rings. The van der Waals surface area contributed by atoms with Crippen LogP contribution in [0, 0.1) is 0 Å². The smallest absolute Gasteiger partial charge is 0.226 e. The van der Waals surface area contributed by atoms with Crippen molar-refractivity contribution in [2.45, 2.75) is 30.4 Å². The molecule has 0 unspecified atom stereocenters. The highest BCUT2D eigenvalue weighted by Crippen LogP contribution is 2.29. The standard InChI is InChI=1S/C15H15N3OS/c1-10(2)15-18-17-14(19-15)9-20-13-7-8-16-12-6-4-3-5-11(12)13/h3-8,10H,9H2,1-2H3. The molecule has 4 nitrogen and oxygen atoms in total. The first-order valence-electron chi connectivity index (χ1n) is 6.53. The minimum Gasteiger partial charge on any atom is -0.424 e. The molecule has 0 bridgehead atoms. The summed E-state index contributed by atoms with van der Waals surface area (Å²) in [5, 5.41) is 9.28. The van der Waals surface area contributed by atoms with E-state index < -0.39 is 0 Å². The fourth-order valence-corrected chi connectivity index (χ4v) is 2.77. The summed E-state index contributed by atoms with van der Waals surface area (Å²) >= 11 is 1.69. The van der Waals surface area contributed by atoms with Crippen LogP contribution in [0.2, 0.25) is 0 Å². The normalized spacial score (nSPS) is 11.3. The van der Waals surface area contributed by atoms with Crippen molar-refractivity contribution in [1.82, 2.24) is 15.2 Å². The maximum absolute atomic E-state index is 5.62. The van der Waals surface area contributed by atoms with Crippen molar-refractivity contribution in [1.29, 1.82) is 0 Å². The molecule has 0 saturated carbocycles. The first-order valence-corrected chi connectivity index (χ1v) is 7.51. The number of fused-ring (bicyclic) bond motifs is 1. The van der Waals surface area contributed by atoms with Gasteiger partial charge in [0.05, 0.1) is 11.3 Å². The molecule has 0 atom stereocenters. The SMILES string of the molecule is CC(C)c1nnc(CSc2ccnc3ccccc23)o1. The van der Waals surface area contributed by atoms with Crippen LogP contribution >= 0.6 is 11.8 Å². The quantitative estimate of drug-likeness (QED) is 0.677. The van der Waals surface area contributed by atoms with Crippen molar-refractivity contribution in [3.05, 3.63) is 48.3 Å². The van der Waals surface area contributed by atoms with Gasteiger partial charge in [0.2, 0.25) is 11.8 Å². The molecule has 0 aliphatic heterocycles. The highest BCUT2D eigenvalue weighted by atomic mass is 32.2. The van der Waals surface area contributed by atoms with Crippen LogP contribution in [0.4, 0.5) is 0 Å². The lowest BCUT2D eigenvalue weighted by Gasteiger charge is -2.03. The van der Waals surface area contributed by atoms with Crippen LogP contribution in [0.15, 0.2) is 45.8 Å². The van der Waals surface area contributed by atoms with E-state index in [1.807, 2.05) is 44.3 Å². The molecule has 0 aliphatic carbocycles. The summed E-state index contributed by atoms with van der Waals surface area (Å²) in [7, 11) is 0. The van der Waals surface area contributed by atoms with E-state index in [0.717, 1.165) is 10.9 Å². The van der Waals surface area contributed by atoms with Gasteiger partial charge in [-0.25, -0.2) is 0 Å². The van der Waals surface area contributed by atoms with E-state index in [9.17, 15) is 0 Å². The molecule has 1 aromatic carbocycles. The average Bonchev–Trinajstić information content (AvgIpc) is 2.94. The Morgan fingerprint density at radius 3 is 2.80 bits per heavy atom. The Kier molecular flexibility index (Phi) is 3.69. The van der Waals surface area contributed by atoms with Crippen molar-refractivity contribution >= 4 is 22.7 Å². The number of pyridine rings is 1. The van der Waals surface area contributed by atoms with Gasteiger partial charge < -0.3 is 4.42 Å². The maximum Gasteiger partial charge on any atom is 0.226 e. The summed E-state index contributed by atoms with van der Waals surface area (Å²) in [4.78, 5) is 5.54. The summed E-state index contributed by atoms with van der Waals surface area (Å²) < 4.78 is 5.62. The zero-order valence-electron chi connectivity index (χ0n) is 11.4. The van der Waals surface area contributed by atoms with Crippen LogP contribution in [0.1, 0.15) is 31.5 Å². The average molecular weight is 285 g/mol. The molecular formula is C15H15N3OS. The molecule has 2 heterocycles. The fraction of sp³-hybridized carbons (Fsp3) is 0.267. The van der Waals surface area contributed by atoms with E-state index in [0.29, 0.717) is 17.5 Å². The van der Waals surface area contributed by atoms with Crippen LogP contribution in [0.25, 0.3) is 10.9 Å². The summed E-state index contributed by atoms with van der Waals surface area (Å²) in [6.45, 7) is 4.08. The van der Waals surface area contributed by atoms with E-state index in [1.165, 1.54) is 4.90 Å². The number of thioether (sulfide) groups is 1. The third-order valence-electron chi connectivity index (χ3n) is 2.94. The van der Waals surface area contributed by atoms with Crippen LogP contribution in [-0.4, -0.2) is 15.2 Å². The number of hydrogen-bond acceptors (Lipinski definition) is 5. The topological polar surface area (TPSA) is 51.8 Å². The van der Waals surface area contributed by atoms with Crippen molar-refractivity contribution < 1.29 is 4.42 Å². The van der Waals surface area contributed by atoms with Gasteiger partial charge in [-0.1, -0.05) is 32.0 Å². The van der Waals surface area contributed by atoms with Gasteiger partial charge >= 0.3 is 0 Å². The van der Waals surface area contributed by atoms with Crippen molar-refractivity contribution in [3.8, 4) is 0 Å². The Morgan fingerprint density at radius 1 is 1.15 bits per heavy atom. The Labute approximate surface area is 121 Å². The summed E-state index contributed by atoms with van der Waals surface area (Å²) in [5.74, 6) is 2.30. The number of para-hydroxylation sites is 1. The predicted molar refractivity (Wildman–Crippen MR) is 79.7 cm³/mol. The van der Waals surface area contributed by atoms with Gasteiger partial charge in [-0.05, 0) is 12.1 Å². The molecule has 2 aromatic heterocycles. The molecule has 20 heavy (non-hydrogen) atoms. The zero-order chi connectivity index (χ0) is 13.9. The molecule has 0 spiro atoms. The van der Waals surface area contributed by atoms with Crippen LogP contribution in [-0.2, 0) is 5.75 Å². The lowest BCUT2D eigenvalue weighted by atomic mass is 10.2. The number of hydrogen-bond donors (Lipinski definition) is 0. The number of nitrogens with zero attached hydrogens (tertiary/aromatic N) is 3. The summed E-state index contributed by atoms with van der Waals surface area (Å²) in [6.07, 6.45) is 1.83. The second-order valence-electron chi connectivity index (χ2n) is 4.80. The first-order chi connectivity index (χ1) is 9.74. The molecule has 3 aromatic rings. The molecule has 5 heteroatoms. The van der Waals surface area contributed by atoms with Gasteiger partial charge in [-0.15, -0.1) is 22.0 Å². The highest BCUT2D eigenvalue weighted by molar-refractivity contribution is 7.98. The van der Waals surface area contributed by atoms with Crippen molar-refractivity contribution in [2.24, 2.45) is 0 Å². The Bertz CT molecular complexity index is 718. The molecule has 0 radical (unpaired) electrons. The summed E-state index contributed by atoms with van der Waals surface area (Å²) in [6, 6.07) is 10.1. The van der Waals surface area contributed by atoms with Crippen molar-refractivity contribution in [3.63, 3.8) is 0 Å². The second kappa shape index (κ2) is 5.63. The monoisotopic (exact) mass is 285 g/mol. The van der Waals surface area contributed by atoms with Crippen LogP contribution in [0.5, 0.6) is 0 Å². The van der Waals surface area contributed by atoms with Gasteiger partial charge in [0, 0.05) is 22.4 Å². The van der Waals surface area contributed by atoms with E-state index in [2.05, 4.69) is 21.2 Å². The van der Waals surface area contributed by atoms with Crippen LogP contribution < -0.4 is 0 Å². The lowest BCUT2D eigenvalue weighted by Crippen LogP contribution is -1.85. The number of rotatable bonds is 4. The first kappa shape index (κ1) is 13.1. The van der Waals surface area contributed by atoms with E-state index in [-0.39, 0.29) is 5.92 Å². The lowest BCUT2D eigenvalue weighted by molar-refractivity contribution is 0.445. The summed E-state index contributed by atoms with van der Waals surface area (Å²) in [5.41, 5.74) is 1.01. The minimum atomic E-state index is 0.267. The molecule has 0 N–H and O–H groups in total. The van der Waals surface area contributed by atoms with Gasteiger partial charge in [0.15, 0.2) is 0 Å². The fourth-order valence-electron chi connectivity index (χ4n) is 1.89. The molecule has 0 saturated heterocycles. The second-order valence-corrected chi connectivity index (χ2v) is 5.82. The largest absolute Gasteiger partial charge is 0.424 e. The molecule has 3 rings (SSSR count). The molecule has 0 amide bonds. The number of aromatic nitrogens is 3. The van der Waals surface area contributed by atoms with Crippen molar-refractivity contribution in [2.75, 3.05) is 0 Å².